The first-order valence-corrected chi connectivity index (χ1v) is 7.63. The van der Waals surface area contributed by atoms with E-state index in [0.717, 1.165) is 5.56 Å². The van der Waals surface area contributed by atoms with Gasteiger partial charge < -0.3 is 19.9 Å². The minimum Gasteiger partial charge on any atom is -0.495 e. The fourth-order valence-corrected chi connectivity index (χ4v) is 2.18. The second-order valence-electron chi connectivity index (χ2n) is 5.08. The molecule has 0 aliphatic carbocycles. The largest absolute Gasteiger partial charge is 0.495 e. The average molecular weight is 341 g/mol. The number of hydrogen-bond donors (Lipinski definition) is 2. The SMILES string of the molecule is COc1c(C=CCNC(=O)OCc2ccccc2)cccc1C(=O)O. The van der Waals surface area contributed by atoms with E-state index in [-0.39, 0.29) is 24.5 Å². The normalized spacial score (nSPS) is 10.4. The van der Waals surface area contributed by atoms with Crippen LogP contribution in [0.25, 0.3) is 6.08 Å². The fourth-order valence-electron chi connectivity index (χ4n) is 2.18. The highest BCUT2D eigenvalue weighted by Gasteiger charge is 2.12. The third kappa shape index (κ3) is 5.39. The van der Waals surface area contributed by atoms with Gasteiger partial charge >= 0.3 is 12.1 Å². The van der Waals surface area contributed by atoms with E-state index in [2.05, 4.69) is 5.32 Å². The predicted molar refractivity (Wildman–Crippen MR) is 93.6 cm³/mol. The zero-order chi connectivity index (χ0) is 18.1. The molecule has 130 valence electrons. The first-order chi connectivity index (χ1) is 12.1. The fraction of sp³-hybridized carbons (Fsp3) is 0.158. The first-order valence-electron chi connectivity index (χ1n) is 7.63. The molecule has 2 aromatic carbocycles. The van der Waals surface area contributed by atoms with Crippen molar-refractivity contribution in [1.82, 2.24) is 5.32 Å². The Labute approximate surface area is 145 Å². The number of hydrogen-bond acceptors (Lipinski definition) is 4. The van der Waals surface area contributed by atoms with Crippen LogP contribution < -0.4 is 10.1 Å². The van der Waals surface area contributed by atoms with Gasteiger partial charge in [-0.25, -0.2) is 9.59 Å². The smallest absolute Gasteiger partial charge is 0.407 e. The molecule has 1 amide bonds. The summed E-state index contributed by atoms with van der Waals surface area (Å²) in [5.74, 6) is -0.785. The molecular formula is C19H19NO5. The minimum atomic E-state index is -1.06. The summed E-state index contributed by atoms with van der Waals surface area (Å²) in [7, 11) is 1.41. The minimum absolute atomic E-state index is 0.0832. The van der Waals surface area contributed by atoms with Gasteiger partial charge in [-0.15, -0.1) is 0 Å². The number of amides is 1. The summed E-state index contributed by atoms with van der Waals surface area (Å²) < 4.78 is 10.2. The number of para-hydroxylation sites is 1. The molecule has 0 radical (unpaired) electrons. The number of alkyl carbamates (subject to hydrolysis) is 1. The van der Waals surface area contributed by atoms with Gasteiger partial charge in [-0.2, -0.15) is 0 Å². The van der Waals surface area contributed by atoms with Gasteiger partial charge in [0, 0.05) is 12.1 Å². The van der Waals surface area contributed by atoms with Crippen LogP contribution in [0.2, 0.25) is 0 Å². The molecule has 0 heterocycles. The lowest BCUT2D eigenvalue weighted by molar-refractivity contribution is 0.0693. The Hall–Kier alpha value is -3.28. The average Bonchev–Trinajstić information content (AvgIpc) is 2.64. The van der Waals surface area contributed by atoms with E-state index in [1.165, 1.54) is 13.2 Å². The Kier molecular flexibility index (Phi) is 6.59. The van der Waals surface area contributed by atoms with Gasteiger partial charge in [0.05, 0.1) is 7.11 Å². The zero-order valence-corrected chi connectivity index (χ0v) is 13.8. The molecule has 2 rings (SSSR count). The van der Waals surface area contributed by atoms with Crippen LogP contribution in [-0.2, 0) is 11.3 Å². The molecule has 0 aromatic heterocycles. The summed E-state index contributed by atoms with van der Waals surface area (Å²) in [5.41, 5.74) is 1.60. The summed E-state index contributed by atoms with van der Waals surface area (Å²) in [6.07, 6.45) is 2.84. The summed E-state index contributed by atoms with van der Waals surface area (Å²) in [5, 5.41) is 11.7. The Morgan fingerprint density at radius 2 is 1.88 bits per heavy atom. The van der Waals surface area contributed by atoms with Crippen LogP contribution in [0.5, 0.6) is 5.75 Å². The Balaban J connectivity index is 1.86. The van der Waals surface area contributed by atoms with Crippen molar-refractivity contribution >= 4 is 18.1 Å². The summed E-state index contributed by atoms with van der Waals surface area (Å²) >= 11 is 0. The van der Waals surface area contributed by atoms with E-state index >= 15 is 0 Å². The molecule has 0 bridgehead atoms. The first kappa shape index (κ1) is 18.1. The van der Waals surface area contributed by atoms with Gasteiger partial charge in [-0.3, -0.25) is 0 Å². The molecule has 2 N–H and O–H groups in total. The molecule has 0 spiro atoms. The lowest BCUT2D eigenvalue weighted by Gasteiger charge is -2.08. The van der Waals surface area contributed by atoms with Gasteiger partial charge in [0.1, 0.15) is 17.9 Å². The number of carbonyl (C=O) groups is 2. The molecular weight excluding hydrogens is 322 g/mol. The van der Waals surface area contributed by atoms with Crippen LogP contribution in [0.3, 0.4) is 0 Å². The number of carboxylic acid groups (broad SMARTS) is 1. The third-order valence-corrected chi connectivity index (χ3v) is 3.35. The van der Waals surface area contributed by atoms with Crippen molar-refractivity contribution in [3.63, 3.8) is 0 Å². The van der Waals surface area contributed by atoms with Gasteiger partial charge in [0.25, 0.3) is 0 Å². The van der Waals surface area contributed by atoms with Gasteiger partial charge in [-0.05, 0) is 11.6 Å². The Bertz CT molecular complexity index is 756. The van der Waals surface area contributed by atoms with Gasteiger partial charge in [-0.1, -0.05) is 54.6 Å². The molecule has 0 unspecified atom stereocenters. The Morgan fingerprint density at radius 3 is 2.56 bits per heavy atom. The summed E-state index contributed by atoms with van der Waals surface area (Å²) in [6.45, 7) is 0.443. The van der Waals surface area contributed by atoms with Crippen LogP contribution in [0.4, 0.5) is 4.79 Å². The van der Waals surface area contributed by atoms with Crippen LogP contribution in [0, 0.1) is 0 Å². The zero-order valence-electron chi connectivity index (χ0n) is 13.8. The van der Waals surface area contributed by atoms with Crippen molar-refractivity contribution in [2.45, 2.75) is 6.61 Å². The highest BCUT2D eigenvalue weighted by atomic mass is 16.5. The lowest BCUT2D eigenvalue weighted by atomic mass is 10.1. The molecule has 0 atom stereocenters. The molecule has 0 saturated heterocycles. The van der Waals surface area contributed by atoms with Crippen molar-refractivity contribution in [3.05, 3.63) is 71.3 Å². The predicted octanol–water partition coefficient (Wildman–Crippen LogP) is 3.33. The molecule has 0 aliphatic heterocycles. The second kappa shape index (κ2) is 9.12. The van der Waals surface area contributed by atoms with Gasteiger partial charge in [0.15, 0.2) is 0 Å². The van der Waals surface area contributed by atoms with Crippen LogP contribution >= 0.6 is 0 Å². The molecule has 25 heavy (non-hydrogen) atoms. The molecule has 0 saturated carbocycles. The number of aromatic carboxylic acids is 1. The van der Waals surface area contributed by atoms with E-state index in [1.807, 2.05) is 30.3 Å². The monoisotopic (exact) mass is 341 g/mol. The van der Waals surface area contributed by atoms with Crippen LogP contribution in [0.1, 0.15) is 21.5 Å². The van der Waals surface area contributed by atoms with Crippen molar-refractivity contribution < 1.29 is 24.2 Å². The number of carboxylic acids is 1. The van der Waals surface area contributed by atoms with Crippen molar-refractivity contribution in [1.29, 1.82) is 0 Å². The lowest BCUT2D eigenvalue weighted by Crippen LogP contribution is -2.24. The second-order valence-corrected chi connectivity index (χ2v) is 5.08. The van der Waals surface area contributed by atoms with Crippen LogP contribution in [-0.4, -0.2) is 30.8 Å². The number of carbonyl (C=O) groups excluding carboxylic acids is 1. The topological polar surface area (TPSA) is 84.9 Å². The highest BCUT2D eigenvalue weighted by molar-refractivity contribution is 5.92. The number of rotatable bonds is 7. The van der Waals surface area contributed by atoms with E-state index in [4.69, 9.17) is 14.6 Å². The van der Waals surface area contributed by atoms with Crippen molar-refractivity contribution in [2.24, 2.45) is 0 Å². The quantitative estimate of drug-likeness (QED) is 0.807. The van der Waals surface area contributed by atoms with Gasteiger partial charge in [0.2, 0.25) is 0 Å². The number of nitrogens with one attached hydrogen (secondary N) is 1. The molecule has 0 aliphatic rings. The van der Waals surface area contributed by atoms with Crippen molar-refractivity contribution in [2.75, 3.05) is 13.7 Å². The Morgan fingerprint density at radius 1 is 1.12 bits per heavy atom. The van der Waals surface area contributed by atoms with E-state index in [1.54, 1.807) is 24.3 Å². The summed E-state index contributed by atoms with van der Waals surface area (Å²) in [4.78, 5) is 22.8. The maximum atomic E-state index is 11.6. The number of ether oxygens (including phenoxy) is 2. The third-order valence-electron chi connectivity index (χ3n) is 3.35. The molecule has 2 aromatic rings. The molecule has 6 nitrogen and oxygen atoms in total. The molecule has 0 fully saturated rings. The summed E-state index contributed by atoms with van der Waals surface area (Å²) in [6, 6.07) is 14.2. The maximum Gasteiger partial charge on any atom is 0.407 e. The standard InChI is InChI=1S/C19H19NO5/c1-24-17-15(9-5-11-16(17)18(21)22)10-6-12-20-19(23)25-13-14-7-3-2-4-8-14/h2-11H,12-13H2,1H3,(H,20,23)(H,21,22). The molecule has 6 heteroatoms. The van der Waals surface area contributed by atoms with E-state index in [9.17, 15) is 9.59 Å². The number of benzene rings is 2. The van der Waals surface area contributed by atoms with E-state index in [0.29, 0.717) is 5.56 Å². The van der Waals surface area contributed by atoms with Crippen LogP contribution in [0.15, 0.2) is 54.6 Å². The number of methoxy groups -OCH3 is 1. The van der Waals surface area contributed by atoms with E-state index < -0.39 is 12.1 Å². The highest BCUT2D eigenvalue weighted by Crippen LogP contribution is 2.24. The van der Waals surface area contributed by atoms with Crippen molar-refractivity contribution in [3.8, 4) is 5.75 Å². The maximum absolute atomic E-state index is 11.6.